The van der Waals surface area contributed by atoms with Crippen molar-refractivity contribution in [2.24, 2.45) is 16.8 Å². The zero-order chi connectivity index (χ0) is 15.5. The van der Waals surface area contributed by atoms with Crippen LogP contribution in [0.25, 0.3) is 0 Å². The number of amidine groups is 1. The fraction of sp³-hybridized carbons (Fsp3) is 0.588. The van der Waals surface area contributed by atoms with Gasteiger partial charge in [0.15, 0.2) is 0 Å². The molecular weight excluding hydrogens is 262 g/mol. The smallest absolute Gasteiger partial charge is 0.143 e. The first kappa shape index (κ1) is 15.8. The molecule has 4 nitrogen and oxygen atoms in total. The molecule has 0 aliphatic carbocycles. The van der Waals surface area contributed by atoms with E-state index in [2.05, 4.69) is 55.1 Å². The molecule has 1 aromatic rings. The van der Waals surface area contributed by atoms with Crippen molar-refractivity contribution in [2.75, 3.05) is 13.1 Å². The highest BCUT2D eigenvalue weighted by molar-refractivity contribution is 5.82. The maximum Gasteiger partial charge on any atom is 0.143 e. The van der Waals surface area contributed by atoms with Crippen molar-refractivity contribution >= 4 is 5.84 Å². The Labute approximate surface area is 127 Å². The zero-order valence-electron chi connectivity index (χ0n) is 13.3. The highest BCUT2D eigenvalue weighted by atomic mass is 16.4. The minimum Gasteiger partial charge on any atom is -0.409 e. The minimum atomic E-state index is 0.178. The molecule has 0 radical (unpaired) electrons. The van der Waals surface area contributed by atoms with E-state index >= 15 is 0 Å². The molecule has 3 N–H and O–H groups in total. The molecule has 1 fully saturated rings. The van der Waals surface area contributed by atoms with E-state index in [4.69, 9.17) is 10.9 Å². The number of rotatable bonds is 3. The van der Waals surface area contributed by atoms with Crippen LogP contribution in [0, 0.1) is 5.92 Å². The van der Waals surface area contributed by atoms with Crippen molar-refractivity contribution in [1.82, 2.24) is 4.90 Å². The summed E-state index contributed by atoms with van der Waals surface area (Å²) in [4.78, 5) is 2.39. The van der Waals surface area contributed by atoms with E-state index in [1.807, 2.05) is 0 Å². The van der Waals surface area contributed by atoms with Gasteiger partial charge in [0.1, 0.15) is 5.84 Å². The van der Waals surface area contributed by atoms with Crippen LogP contribution in [0.1, 0.15) is 44.7 Å². The predicted octanol–water partition coefficient (Wildman–Crippen LogP) is 2.94. The maximum atomic E-state index is 8.81. The Morgan fingerprint density at radius 1 is 1.33 bits per heavy atom. The highest BCUT2D eigenvalue weighted by Gasteiger charge is 2.23. The van der Waals surface area contributed by atoms with Crippen LogP contribution in [0.4, 0.5) is 0 Å². The second kappa shape index (κ2) is 6.48. The Balaban J connectivity index is 1.98. The number of piperidine rings is 1. The number of hydrogen-bond acceptors (Lipinski definition) is 3. The predicted molar refractivity (Wildman–Crippen MR) is 86.6 cm³/mol. The second-order valence-electron chi connectivity index (χ2n) is 7.05. The Morgan fingerprint density at radius 2 is 2.00 bits per heavy atom. The molecule has 1 aromatic carbocycles. The molecule has 0 aromatic heterocycles. The quantitative estimate of drug-likeness (QED) is 0.389. The lowest BCUT2D eigenvalue weighted by molar-refractivity contribution is 0.193. The van der Waals surface area contributed by atoms with Crippen molar-refractivity contribution in [3.63, 3.8) is 0 Å². The average molecular weight is 289 g/mol. The monoisotopic (exact) mass is 289 g/mol. The molecule has 1 saturated heterocycles. The van der Waals surface area contributed by atoms with E-state index in [0.717, 1.165) is 32.5 Å². The fourth-order valence-electron chi connectivity index (χ4n) is 2.89. The summed E-state index contributed by atoms with van der Waals surface area (Å²) in [5.74, 6) is 0.542. The molecule has 0 spiro atoms. The van der Waals surface area contributed by atoms with E-state index in [-0.39, 0.29) is 11.3 Å². The molecule has 4 heteroatoms. The summed E-state index contributed by atoms with van der Waals surface area (Å²) in [6, 6.07) is 8.88. The minimum absolute atomic E-state index is 0.178. The zero-order valence-corrected chi connectivity index (χ0v) is 13.3. The molecule has 1 unspecified atom stereocenters. The van der Waals surface area contributed by atoms with Gasteiger partial charge in [0.25, 0.3) is 0 Å². The van der Waals surface area contributed by atoms with Crippen molar-refractivity contribution in [2.45, 2.75) is 45.6 Å². The lowest BCUT2D eigenvalue weighted by Crippen LogP contribution is -2.40. The fourth-order valence-corrected chi connectivity index (χ4v) is 2.89. The van der Waals surface area contributed by atoms with Crippen molar-refractivity contribution in [3.05, 3.63) is 35.4 Å². The Hall–Kier alpha value is -1.55. The molecule has 0 saturated carbocycles. The number of oxime groups is 1. The van der Waals surface area contributed by atoms with Gasteiger partial charge in [-0.1, -0.05) is 50.2 Å². The largest absolute Gasteiger partial charge is 0.409 e. The van der Waals surface area contributed by atoms with E-state index in [9.17, 15) is 0 Å². The molecule has 0 bridgehead atoms. The summed E-state index contributed by atoms with van der Waals surface area (Å²) < 4.78 is 0. The van der Waals surface area contributed by atoms with E-state index in [1.165, 1.54) is 11.1 Å². The van der Waals surface area contributed by atoms with Crippen LogP contribution in [0.3, 0.4) is 0 Å². The first-order valence-corrected chi connectivity index (χ1v) is 7.69. The first-order valence-electron chi connectivity index (χ1n) is 7.69. The van der Waals surface area contributed by atoms with Gasteiger partial charge in [0, 0.05) is 19.0 Å². The molecular formula is C17H27N3O. The Bertz CT molecular complexity index is 488. The van der Waals surface area contributed by atoms with Crippen LogP contribution in [0.15, 0.2) is 29.4 Å². The summed E-state index contributed by atoms with van der Waals surface area (Å²) >= 11 is 0. The van der Waals surface area contributed by atoms with Crippen LogP contribution in [-0.4, -0.2) is 29.0 Å². The molecule has 1 aliphatic heterocycles. The summed E-state index contributed by atoms with van der Waals surface area (Å²) in [5, 5.41) is 12.0. The second-order valence-corrected chi connectivity index (χ2v) is 7.05. The molecule has 2 rings (SSSR count). The number of hydrogen-bond donors (Lipinski definition) is 2. The molecule has 21 heavy (non-hydrogen) atoms. The molecule has 0 amide bonds. The maximum absolute atomic E-state index is 8.81. The third-order valence-electron chi connectivity index (χ3n) is 4.27. The van der Waals surface area contributed by atoms with Gasteiger partial charge in [-0.2, -0.15) is 0 Å². The van der Waals surface area contributed by atoms with Crippen molar-refractivity contribution in [1.29, 1.82) is 0 Å². The first-order chi connectivity index (χ1) is 9.90. The van der Waals surface area contributed by atoms with Gasteiger partial charge in [-0.05, 0) is 35.9 Å². The number of nitrogens with zero attached hydrogens (tertiary/aromatic N) is 2. The Morgan fingerprint density at radius 3 is 2.57 bits per heavy atom. The summed E-state index contributed by atoms with van der Waals surface area (Å²) in [7, 11) is 0. The van der Waals surface area contributed by atoms with Crippen LogP contribution in [0.5, 0.6) is 0 Å². The number of nitrogens with two attached hydrogens (primary N) is 1. The lowest BCUT2D eigenvalue weighted by atomic mass is 9.86. The van der Waals surface area contributed by atoms with Crippen LogP contribution in [-0.2, 0) is 12.0 Å². The summed E-state index contributed by atoms with van der Waals surface area (Å²) in [5.41, 5.74) is 8.62. The summed E-state index contributed by atoms with van der Waals surface area (Å²) in [6.45, 7) is 9.57. The van der Waals surface area contributed by atoms with Crippen LogP contribution in [0.2, 0.25) is 0 Å². The SMILES string of the molecule is CC(C)(C)c1ccc(CN2CCCC(C(N)=NO)C2)cc1. The van der Waals surface area contributed by atoms with E-state index in [0.29, 0.717) is 5.84 Å². The normalized spacial score (nSPS) is 21.5. The molecule has 1 aliphatic rings. The van der Waals surface area contributed by atoms with Gasteiger partial charge < -0.3 is 10.9 Å². The summed E-state index contributed by atoms with van der Waals surface area (Å²) in [6.07, 6.45) is 2.11. The van der Waals surface area contributed by atoms with E-state index < -0.39 is 0 Å². The Kier molecular flexibility index (Phi) is 4.88. The third-order valence-corrected chi connectivity index (χ3v) is 4.27. The van der Waals surface area contributed by atoms with Crippen LogP contribution < -0.4 is 5.73 Å². The van der Waals surface area contributed by atoms with E-state index in [1.54, 1.807) is 0 Å². The highest BCUT2D eigenvalue weighted by Crippen LogP contribution is 2.23. The lowest BCUT2D eigenvalue weighted by Gasteiger charge is -2.32. The van der Waals surface area contributed by atoms with Crippen LogP contribution >= 0.6 is 0 Å². The number of likely N-dealkylation sites (tertiary alicyclic amines) is 1. The third kappa shape index (κ3) is 4.21. The van der Waals surface area contributed by atoms with Gasteiger partial charge in [-0.15, -0.1) is 0 Å². The molecule has 116 valence electrons. The number of benzene rings is 1. The van der Waals surface area contributed by atoms with Gasteiger partial charge in [0.05, 0.1) is 0 Å². The average Bonchev–Trinajstić information content (AvgIpc) is 2.46. The van der Waals surface area contributed by atoms with Gasteiger partial charge in [0.2, 0.25) is 0 Å². The standard InChI is InChI=1S/C17H27N3O/c1-17(2,3)15-8-6-13(7-9-15)11-20-10-4-5-14(12-20)16(18)19-21/h6-9,14,21H,4-5,10-12H2,1-3H3,(H2,18,19). The van der Waals surface area contributed by atoms with Gasteiger partial charge in [-0.25, -0.2) is 0 Å². The van der Waals surface area contributed by atoms with Gasteiger partial charge >= 0.3 is 0 Å². The molecule has 1 atom stereocenters. The topological polar surface area (TPSA) is 61.8 Å². The van der Waals surface area contributed by atoms with Gasteiger partial charge in [-0.3, -0.25) is 4.90 Å². The van der Waals surface area contributed by atoms with Crippen molar-refractivity contribution in [3.8, 4) is 0 Å². The molecule has 1 heterocycles. The van der Waals surface area contributed by atoms with Crippen molar-refractivity contribution < 1.29 is 5.21 Å².